The molecule has 6 aliphatic heterocycles. The average Bonchev–Trinajstić information content (AvgIpc) is 1.71. The van der Waals surface area contributed by atoms with Crippen LogP contribution < -0.4 is 56.7 Å². The van der Waals surface area contributed by atoms with Gasteiger partial charge in [0.15, 0.2) is 23.0 Å². The third kappa shape index (κ3) is 13.2. The fourth-order valence-corrected chi connectivity index (χ4v) is 30.9. The molecule has 22 aromatic rings. The van der Waals surface area contributed by atoms with Crippen molar-refractivity contribution in [1.82, 2.24) is 0 Å². The minimum absolute atomic E-state index is 0.0762. The van der Waals surface area contributed by atoms with Gasteiger partial charge in [-0.3, -0.25) is 0 Å². The smallest absolute Gasteiger partial charge is 0.152 e. The van der Waals surface area contributed by atoms with Crippen molar-refractivity contribution < 1.29 is 9.47 Å². The van der Waals surface area contributed by atoms with E-state index in [1.165, 1.54) is 216 Å². The summed E-state index contributed by atoms with van der Waals surface area (Å²) in [6, 6.07) is 165. The third-order valence-corrected chi connectivity index (χ3v) is 37.9. The molecule has 12 heteroatoms. The summed E-state index contributed by atoms with van der Waals surface area (Å²) in [6.07, 6.45) is 0. The zero-order valence-corrected chi connectivity index (χ0v) is 85.4. The van der Waals surface area contributed by atoms with E-state index in [9.17, 15) is 0 Å². The normalized spacial score (nSPS) is 14.8. The number of hydrogen-bond acceptors (Lipinski definition) is 10. The van der Waals surface area contributed by atoms with Crippen molar-refractivity contribution in [2.45, 2.75) is 77.4 Å². The summed E-state index contributed by atoms with van der Waals surface area (Å²) in [4.78, 5) is 19.9. The van der Waals surface area contributed by atoms with Crippen LogP contribution in [0.2, 0.25) is 0 Å². The molecule has 9 aliphatic rings. The Morgan fingerprint density at radius 2 is 0.497 bits per heavy atom. The molecular formula is C133H92N6O2S2Se2. The van der Waals surface area contributed by atoms with Crippen LogP contribution >= 0.6 is 23.5 Å². The zero-order valence-electron chi connectivity index (χ0n) is 80.4. The predicted molar refractivity (Wildman–Crippen MR) is 609 cm³/mol. The maximum atomic E-state index is 6.61. The molecule has 0 fully saturated rings. The van der Waals surface area contributed by atoms with E-state index in [0.29, 0.717) is 0 Å². The number of benzene rings is 22. The molecule has 31 rings (SSSR count). The topological polar surface area (TPSA) is 37.9 Å². The molecular weight excluding hydrogens is 1940 g/mol. The molecule has 3 aliphatic carbocycles. The molecule has 0 radical (unpaired) electrons. The molecule has 690 valence electrons. The zero-order chi connectivity index (χ0) is 96.4. The Balaban J connectivity index is 0.000000103. The molecule has 0 bridgehead atoms. The molecule has 0 spiro atoms. The SMILES string of the molecule is CC1(C)c2ccccc2-c2cc3c(cc21)N(c1c2ccccc2c(N2c4ccccc4[Se]c4ccccc42)c2ccccc12)c1ccccc1[Se]3.CC1(C)c2ccccc2-c2cc3c(cc21)N(c1ccc2cc(N4c5ccccc5Oc5ccccc54)ccc2c1)c1ccccc1O3.CC1(C)c2ccccc2-c2cc3c(cc21)N(c1cccc2c(N4c5ccccc5Sc5ccccc54)cccc12)c1ccccc1S3. The predicted octanol–water partition coefficient (Wildman–Crippen LogP) is 34.5. The van der Waals surface area contributed by atoms with Gasteiger partial charge in [-0.25, -0.2) is 0 Å². The second kappa shape index (κ2) is 33.0. The summed E-state index contributed by atoms with van der Waals surface area (Å²) < 4.78 is 18.6. The maximum absolute atomic E-state index is 6.61. The third-order valence-electron chi connectivity index (χ3n) is 31.0. The van der Waals surface area contributed by atoms with Crippen LogP contribution in [0.4, 0.5) is 102 Å². The number of rotatable bonds is 6. The van der Waals surface area contributed by atoms with Gasteiger partial charge in [-0.2, -0.15) is 0 Å². The fourth-order valence-electron chi connectivity index (χ4n) is 24.2. The largest absolute Gasteiger partial charge is 0.453 e. The summed E-state index contributed by atoms with van der Waals surface area (Å²) in [6.45, 7) is 14.2. The van der Waals surface area contributed by atoms with Crippen molar-refractivity contribution in [3.8, 4) is 56.4 Å². The number of nitrogens with zero attached hydrogens (tertiary/aromatic N) is 6. The molecule has 0 aromatic heterocycles. The van der Waals surface area contributed by atoms with Crippen molar-refractivity contribution in [3.63, 3.8) is 0 Å². The van der Waals surface area contributed by atoms with Crippen LogP contribution in [0, 0.1) is 0 Å². The van der Waals surface area contributed by atoms with Crippen molar-refractivity contribution in [1.29, 1.82) is 0 Å². The van der Waals surface area contributed by atoms with E-state index in [1.54, 1.807) is 0 Å². The Morgan fingerprint density at radius 1 is 0.186 bits per heavy atom. The van der Waals surface area contributed by atoms with Gasteiger partial charge in [0.25, 0.3) is 0 Å². The minimum atomic E-state index is -0.111. The van der Waals surface area contributed by atoms with E-state index in [4.69, 9.17) is 9.47 Å². The second-order valence-corrected chi connectivity index (χ2v) is 46.8. The Bertz CT molecular complexity index is 9120. The van der Waals surface area contributed by atoms with Gasteiger partial charge in [-0.1, -0.05) is 209 Å². The number of para-hydroxylation sites is 12. The first-order valence-electron chi connectivity index (χ1n) is 49.7. The molecule has 0 N–H and O–H groups in total. The second-order valence-electron chi connectivity index (χ2n) is 40.1. The monoisotopic (exact) mass is 2030 g/mol. The maximum Gasteiger partial charge on any atom is 0.152 e. The number of hydrogen-bond donors (Lipinski definition) is 0. The molecule has 0 saturated heterocycles. The van der Waals surface area contributed by atoms with E-state index >= 15 is 0 Å². The number of ether oxygens (including phenoxy) is 2. The van der Waals surface area contributed by atoms with E-state index in [0.717, 1.165) is 57.1 Å². The van der Waals surface area contributed by atoms with Crippen molar-refractivity contribution in [2.75, 3.05) is 29.4 Å². The van der Waals surface area contributed by atoms with Crippen LogP contribution in [0.1, 0.15) is 74.9 Å². The van der Waals surface area contributed by atoms with Crippen LogP contribution in [0.25, 0.3) is 76.5 Å². The Hall–Kier alpha value is -16.0. The van der Waals surface area contributed by atoms with Gasteiger partial charge in [0.2, 0.25) is 0 Å². The average molecular weight is 2030 g/mol. The molecule has 8 nitrogen and oxygen atoms in total. The van der Waals surface area contributed by atoms with Crippen molar-refractivity contribution in [2.24, 2.45) is 0 Å². The molecule has 22 aromatic carbocycles. The van der Waals surface area contributed by atoms with E-state index in [-0.39, 0.29) is 46.2 Å². The Kier molecular flexibility index (Phi) is 19.5. The van der Waals surface area contributed by atoms with Gasteiger partial charge in [-0.15, -0.1) is 0 Å². The van der Waals surface area contributed by atoms with E-state index in [1.807, 2.05) is 53.9 Å². The summed E-state index contributed by atoms with van der Waals surface area (Å²) >= 11 is 4.15. The van der Waals surface area contributed by atoms with Gasteiger partial charge >= 0.3 is 312 Å². The first kappa shape index (κ1) is 85.8. The van der Waals surface area contributed by atoms with Gasteiger partial charge in [0.1, 0.15) is 0 Å². The van der Waals surface area contributed by atoms with Crippen LogP contribution in [-0.4, -0.2) is 29.9 Å². The summed E-state index contributed by atoms with van der Waals surface area (Å²) in [5, 5.41) is 9.83. The van der Waals surface area contributed by atoms with Gasteiger partial charge in [-0.05, 0) is 189 Å². The number of fused-ring (bicyclic) bond motifs is 25. The van der Waals surface area contributed by atoms with Crippen molar-refractivity contribution in [3.05, 3.63) is 482 Å². The van der Waals surface area contributed by atoms with E-state index in [2.05, 4.69) is 490 Å². The first-order valence-corrected chi connectivity index (χ1v) is 54.8. The van der Waals surface area contributed by atoms with Crippen LogP contribution in [-0.2, 0) is 16.2 Å². The van der Waals surface area contributed by atoms with Crippen LogP contribution in [0.3, 0.4) is 0 Å². The van der Waals surface area contributed by atoms with Gasteiger partial charge in [0.05, 0.1) is 56.9 Å². The molecule has 6 heterocycles. The summed E-state index contributed by atoms with van der Waals surface area (Å²) in [7, 11) is 0. The Labute approximate surface area is 864 Å². The van der Waals surface area contributed by atoms with Crippen LogP contribution in [0.15, 0.2) is 468 Å². The van der Waals surface area contributed by atoms with Gasteiger partial charge < -0.3 is 29.1 Å². The standard InChI is InChI=1S/C47H32N2Se2.C43H30N2O2.C43H30N2S2/c1-47(2)35-20-8-7-15-29(35)34-27-44-40(28-36(34)47)49(39-23-11-14-26-43(39)51-44)46-32-18-5-3-16-30(32)45(31-17-4-6-19-33(31)46)48-37-21-9-12-24-41(37)50-42-25-13-10-22-38(42)48;1-43(2)33-12-4-3-11-31(33)32-25-42-38(26-34(32)43)45(37-15-7-10-18-41(37)47-42)30-22-20-27-23-29(21-19-28(27)24-30)44-35-13-5-8-16-39(35)46-40-17-9-6-14-36(40)44;1-43(2)31-16-4-3-13-27(31)30-25-42-38(26-32(30)43)45(37-19-7-10-24-41(37)47-42)34-21-12-14-28-29(34)15-11-20-33(28)44-35-17-5-8-22-39(35)46-40-23-9-6-18-36(40)44/h3-28H,1-2H3;2*3-26H,1-2H3. The van der Waals surface area contributed by atoms with E-state index < -0.39 is 0 Å². The summed E-state index contributed by atoms with van der Waals surface area (Å²) in [5.74, 6) is 3.42. The molecule has 0 unspecified atom stereocenters. The fraction of sp³-hybridized carbons (Fsp3) is 0.0677. The first-order chi connectivity index (χ1) is 71.2. The number of anilines is 18. The minimum Gasteiger partial charge on any atom is -0.453 e. The summed E-state index contributed by atoms with van der Waals surface area (Å²) in [5.41, 5.74) is 37.4. The van der Waals surface area contributed by atoms with Crippen LogP contribution in [0.5, 0.6) is 23.0 Å². The van der Waals surface area contributed by atoms with Crippen molar-refractivity contribution >= 4 is 217 Å². The quantitative estimate of drug-likeness (QED) is 0.119. The molecule has 0 saturated carbocycles. The Morgan fingerprint density at radius 3 is 0.945 bits per heavy atom. The molecule has 145 heavy (non-hydrogen) atoms. The molecule has 0 amide bonds. The van der Waals surface area contributed by atoms with Gasteiger partial charge in [0, 0.05) is 52.6 Å². The molecule has 0 atom stereocenters.